The summed E-state index contributed by atoms with van der Waals surface area (Å²) in [7, 11) is 1.95. The van der Waals surface area contributed by atoms with Gasteiger partial charge in [-0.05, 0) is 18.2 Å². The van der Waals surface area contributed by atoms with Crippen molar-refractivity contribution in [3.8, 4) is 17.5 Å². The van der Waals surface area contributed by atoms with Crippen molar-refractivity contribution >= 4 is 28.0 Å². The Bertz CT molecular complexity index is 1170. The molecule has 4 rings (SSSR count). The van der Waals surface area contributed by atoms with Crippen LogP contribution in [0.2, 0.25) is 0 Å². The third-order valence-corrected chi connectivity index (χ3v) is 4.12. The smallest absolute Gasteiger partial charge is 0.234 e. The summed E-state index contributed by atoms with van der Waals surface area (Å²) in [6.07, 6.45) is 3.35. The van der Waals surface area contributed by atoms with Crippen LogP contribution in [0.4, 0.5) is 0 Å². The average molecular weight is 345 g/mol. The summed E-state index contributed by atoms with van der Waals surface area (Å²) in [6.45, 7) is 0.277. The van der Waals surface area contributed by atoms with E-state index in [1.807, 2.05) is 41.9 Å². The van der Waals surface area contributed by atoms with Gasteiger partial charge in [-0.3, -0.25) is 4.79 Å². The van der Waals surface area contributed by atoms with E-state index in [2.05, 4.69) is 25.3 Å². The molecule has 0 fully saturated rings. The van der Waals surface area contributed by atoms with Crippen LogP contribution < -0.4 is 5.32 Å². The fourth-order valence-electron chi connectivity index (χ4n) is 2.91. The zero-order valence-corrected chi connectivity index (χ0v) is 14.0. The van der Waals surface area contributed by atoms with Gasteiger partial charge in [0.05, 0.1) is 47.7 Å². The number of amides is 1. The number of fused-ring (bicyclic) bond motifs is 3. The van der Waals surface area contributed by atoms with Crippen LogP contribution in [0.25, 0.3) is 33.5 Å². The Morgan fingerprint density at radius 3 is 3.12 bits per heavy atom. The lowest BCUT2D eigenvalue weighted by Gasteiger charge is -2.04. The van der Waals surface area contributed by atoms with Gasteiger partial charge in [0.2, 0.25) is 5.91 Å². The molecule has 2 N–H and O–H groups in total. The van der Waals surface area contributed by atoms with Gasteiger partial charge in [-0.15, -0.1) is 0 Å². The molecule has 8 nitrogen and oxygen atoms in total. The number of aromatic amines is 1. The zero-order chi connectivity index (χ0) is 18.1. The Hall–Kier alpha value is -3.73. The number of imidazole rings is 1. The lowest BCUT2D eigenvalue weighted by Crippen LogP contribution is -2.22. The van der Waals surface area contributed by atoms with Crippen molar-refractivity contribution < 1.29 is 4.79 Å². The summed E-state index contributed by atoms with van der Waals surface area (Å²) in [4.78, 5) is 28.1. The first-order valence-electron chi connectivity index (χ1n) is 8.04. The third kappa shape index (κ3) is 2.75. The predicted octanol–water partition coefficient (Wildman–Crippen LogP) is 2.04. The largest absolute Gasteiger partial charge is 0.350 e. The number of aryl methyl sites for hydroxylation is 1. The van der Waals surface area contributed by atoms with E-state index in [0.29, 0.717) is 5.69 Å². The predicted molar refractivity (Wildman–Crippen MR) is 95.7 cm³/mol. The highest BCUT2D eigenvalue weighted by atomic mass is 16.1. The Kier molecular flexibility index (Phi) is 3.82. The maximum Gasteiger partial charge on any atom is 0.234 e. The maximum absolute atomic E-state index is 11.4. The average Bonchev–Trinajstić information content (AvgIpc) is 3.24. The molecular formula is C18H15N7O. The molecule has 128 valence electrons. The van der Waals surface area contributed by atoms with Gasteiger partial charge in [0.25, 0.3) is 0 Å². The van der Waals surface area contributed by atoms with Crippen molar-refractivity contribution in [3.63, 3.8) is 0 Å². The Labute approximate surface area is 148 Å². The fraction of sp³-hybridized carbons (Fsp3) is 0.167. The van der Waals surface area contributed by atoms with E-state index in [-0.39, 0.29) is 18.9 Å². The first kappa shape index (κ1) is 15.8. The molecule has 4 heterocycles. The SMILES string of the molecule is Cn1cnc2cnc3[nH]c(-c4cccc(CNC(=O)CC#N)n4)cc3c21. The monoisotopic (exact) mass is 345 g/mol. The molecule has 0 aromatic carbocycles. The highest BCUT2D eigenvalue weighted by molar-refractivity contribution is 6.02. The number of nitrogens with one attached hydrogen (secondary N) is 2. The van der Waals surface area contributed by atoms with Gasteiger partial charge in [-0.2, -0.15) is 5.26 Å². The molecule has 26 heavy (non-hydrogen) atoms. The Morgan fingerprint density at radius 1 is 1.38 bits per heavy atom. The molecule has 0 saturated carbocycles. The molecule has 0 aliphatic heterocycles. The molecule has 8 heteroatoms. The molecule has 4 aromatic rings. The minimum absolute atomic E-state index is 0.159. The van der Waals surface area contributed by atoms with E-state index >= 15 is 0 Å². The number of nitrogens with zero attached hydrogens (tertiary/aromatic N) is 5. The molecule has 0 radical (unpaired) electrons. The first-order valence-corrected chi connectivity index (χ1v) is 8.04. The molecule has 0 bridgehead atoms. The number of H-pyrrole nitrogens is 1. The molecule has 4 aromatic heterocycles. The highest BCUT2D eigenvalue weighted by Crippen LogP contribution is 2.27. The fourth-order valence-corrected chi connectivity index (χ4v) is 2.91. The minimum Gasteiger partial charge on any atom is -0.350 e. The van der Waals surface area contributed by atoms with Gasteiger partial charge in [0.1, 0.15) is 17.6 Å². The topological polar surface area (TPSA) is 112 Å². The van der Waals surface area contributed by atoms with E-state index in [4.69, 9.17) is 5.26 Å². The van der Waals surface area contributed by atoms with E-state index in [9.17, 15) is 4.79 Å². The number of nitriles is 1. The molecule has 1 amide bonds. The van der Waals surface area contributed by atoms with Crippen molar-refractivity contribution in [2.75, 3.05) is 0 Å². The number of hydrogen-bond donors (Lipinski definition) is 2. The number of aromatic nitrogens is 5. The number of hydrogen-bond acceptors (Lipinski definition) is 5. The molecule has 0 saturated heterocycles. The van der Waals surface area contributed by atoms with Crippen LogP contribution in [-0.2, 0) is 18.4 Å². The van der Waals surface area contributed by atoms with Gasteiger partial charge in [-0.1, -0.05) is 6.07 Å². The lowest BCUT2D eigenvalue weighted by atomic mass is 10.2. The Morgan fingerprint density at radius 2 is 2.27 bits per heavy atom. The van der Waals surface area contributed by atoms with Crippen molar-refractivity contribution in [1.82, 2.24) is 29.8 Å². The van der Waals surface area contributed by atoms with Gasteiger partial charge in [0, 0.05) is 12.4 Å². The first-order chi connectivity index (χ1) is 12.7. The van der Waals surface area contributed by atoms with Crippen molar-refractivity contribution in [2.24, 2.45) is 7.05 Å². The molecule has 0 unspecified atom stereocenters. The highest BCUT2D eigenvalue weighted by Gasteiger charge is 2.12. The van der Waals surface area contributed by atoms with Crippen LogP contribution in [0.1, 0.15) is 12.1 Å². The minimum atomic E-state index is -0.312. The van der Waals surface area contributed by atoms with Gasteiger partial charge < -0.3 is 14.9 Å². The van der Waals surface area contributed by atoms with Crippen molar-refractivity contribution in [3.05, 3.63) is 42.5 Å². The summed E-state index contributed by atoms with van der Waals surface area (Å²) in [5.74, 6) is -0.312. The van der Waals surface area contributed by atoms with Crippen molar-refractivity contribution in [1.29, 1.82) is 5.26 Å². The van der Waals surface area contributed by atoms with E-state index < -0.39 is 0 Å². The maximum atomic E-state index is 11.4. The van der Waals surface area contributed by atoms with E-state index in [0.717, 1.165) is 33.5 Å². The second kappa shape index (κ2) is 6.29. The normalized spacial score (nSPS) is 10.9. The van der Waals surface area contributed by atoms with Crippen LogP contribution in [-0.4, -0.2) is 30.4 Å². The summed E-state index contributed by atoms with van der Waals surface area (Å²) in [5, 5.41) is 12.2. The standard InChI is InChI=1S/C18H15N7O/c1-25-10-22-15-9-21-18-12(17(15)25)7-14(24-18)13-4-2-3-11(23-13)8-20-16(26)5-6-19/h2-4,7,9-10H,5,8H2,1H3,(H,20,26)(H,21,24). The van der Waals surface area contributed by atoms with Crippen LogP contribution in [0.5, 0.6) is 0 Å². The zero-order valence-electron chi connectivity index (χ0n) is 14.0. The molecule has 0 atom stereocenters. The number of pyridine rings is 2. The van der Waals surface area contributed by atoms with E-state index in [1.165, 1.54) is 0 Å². The summed E-state index contributed by atoms with van der Waals surface area (Å²) >= 11 is 0. The van der Waals surface area contributed by atoms with Gasteiger partial charge in [-0.25, -0.2) is 15.0 Å². The Balaban J connectivity index is 1.68. The second-order valence-electron chi connectivity index (χ2n) is 5.92. The summed E-state index contributed by atoms with van der Waals surface area (Å²) in [5.41, 5.74) is 4.93. The van der Waals surface area contributed by atoms with Crippen molar-refractivity contribution in [2.45, 2.75) is 13.0 Å². The number of rotatable bonds is 4. The number of carbonyl (C=O) groups is 1. The number of carbonyl (C=O) groups excluding carboxylic acids is 1. The molecule has 0 spiro atoms. The molecular weight excluding hydrogens is 330 g/mol. The van der Waals surface area contributed by atoms with Gasteiger partial charge >= 0.3 is 0 Å². The van der Waals surface area contributed by atoms with Crippen LogP contribution in [0.3, 0.4) is 0 Å². The summed E-state index contributed by atoms with van der Waals surface area (Å²) < 4.78 is 1.96. The van der Waals surface area contributed by atoms with Crippen LogP contribution >= 0.6 is 0 Å². The lowest BCUT2D eigenvalue weighted by molar-refractivity contribution is -0.120. The van der Waals surface area contributed by atoms with Crippen LogP contribution in [0, 0.1) is 11.3 Å². The summed E-state index contributed by atoms with van der Waals surface area (Å²) in [6, 6.07) is 9.43. The van der Waals surface area contributed by atoms with E-state index in [1.54, 1.807) is 12.5 Å². The van der Waals surface area contributed by atoms with Crippen LogP contribution in [0.15, 0.2) is 36.8 Å². The van der Waals surface area contributed by atoms with Gasteiger partial charge in [0.15, 0.2) is 0 Å². The second-order valence-corrected chi connectivity index (χ2v) is 5.92. The quantitative estimate of drug-likeness (QED) is 0.588. The molecule has 0 aliphatic carbocycles. The third-order valence-electron chi connectivity index (χ3n) is 4.12. The molecule has 0 aliphatic rings.